The largest absolute Gasteiger partial charge is 0.384 e. The van der Waals surface area contributed by atoms with Crippen molar-refractivity contribution in [2.24, 2.45) is 5.92 Å². The van der Waals surface area contributed by atoms with E-state index >= 15 is 0 Å². The zero-order chi connectivity index (χ0) is 14.4. The van der Waals surface area contributed by atoms with E-state index in [9.17, 15) is 4.79 Å². The van der Waals surface area contributed by atoms with Crippen molar-refractivity contribution in [3.05, 3.63) is 35.4 Å². The maximum atomic E-state index is 12.0. The van der Waals surface area contributed by atoms with E-state index in [1.54, 1.807) is 24.3 Å². The number of carbonyl (C=O) groups is 1. The van der Waals surface area contributed by atoms with Gasteiger partial charge in [0.1, 0.15) is 6.61 Å². The Hall–Kier alpha value is -1.83. The second-order valence-electron chi connectivity index (χ2n) is 4.87. The lowest BCUT2D eigenvalue weighted by molar-refractivity contribution is 0.0907. The second-order valence-corrected chi connectivity index (χ2v) is 4.87. The molecule has 0 aliphatic carbocycles. The molecule has 20 heavy (non-hydrogen) atoms. The molecule has 2 N–H and O–H groups in total. The Bertz CT molecular complexity index is 513. The van der Waals surface area contributed by atoms with Crippen molar-refractivity contribution in [2.75, 3.05) is 19.8 Å². The molecule has 0 saturated carbocycles. The summed E-state index contributed by atoms with van der Waals surface area (Å²) in [5, 5.41) is 11.6. The van der Waals surface area contributed by atoms with Crippen LogP contribution in [0.25, 0.3) is 0 Å². The minimum atomic E-state index is -0.163. The van der Waals surface area contributed by atoms with Crippen LogP contribution >= 0.6 is 0 Å². The quantitative estimate of drug-likeness (QED) is 0.813. The molecular weight excluding hydrogens is 254 g/mol. The van der Waals surface area contributed by atoms with Crippen molar-refractivity contribution in [2.45, 2.75) is 19.4 Å². The Morgan fingerprint density at radius 3 is 2.80 bits per heavy atom. The zero-order valence-corrected chi connectivity index (χ0v) is 11.6. The number of ether oxygens (including phenoxy) is 1. The first kappa shape index (κ1) is 14.6. The first-order valence-corrected chi connectivity index (χ1v) is 6.80. The van der Waals surface area contributed by atoms with Crippen LogP contribution in [0.2, 0.25) is 0 Å². The third kappa shape index (κ3) is 3.83. The van der Waals surface area contributed by atoms with Gasteiger partial charge in [0.25, 0.3) is 5.91 Å². The van der Waals surface area contributed by atoms with Crippen LogP contribution in [0, 0.1) is 17.8 Å². The molecule has 0 bridgehead atoms. The van der Waals surface area contributed by atoms with E-state index in [0.29, 0.717) is 18.0 Å². The van der Waals surface area contributed by atoms with E-state index in [4.69, 9.17) is 9.84 Å². The molecule has 2 rings (SSSR count). The summed E-state index contributed by atoms with van der Waals surface area (Å²) in [5.74, 6) is 5.69. The highest BCUT2D eigenvalue weighted by Gasteiger charge is 2.24. The fourth-order valence-electron chi connectivity index (χ4n) is 2.22. The number of amides is 1. The minimum Gasteiger partial charge on any atom is -0.384 e. The SMILES string of the molecule is CC1OCCC1CNC(=O)c1ccc(C#CCO)cc1. The molecule has 1 amide bonds. The number of hydrogen-bond donors (Lipinski definition) is 2. The highest BCUT2D eigenvalue weighted by atomic mass is 16.5. The van der Waals surface area contributed by atoms with E-state index in [-0.39, 0.29) is 18.6 Å². The Morgan fingerprint density at radius 2 is 2.20 bits per heavy atom. The van der Waals surface area contributed by atoms with E-state index in [0.717, 1.165) is 18.6 Å². The lowest BCUT2D eigenvalue weighted by Gasteiger charge is -2.14. The van der Waals surface area contributed by atoms with Crippen molar-refractivity contribution < 1.29 is 14.6 Å². The van der Waals surface area contributed by atoms with Crippen LogP contribution in [0.1, 0.15) is 29.3 Å². The minimum absolute atomic E-state index is 0.0780. The van der Waals surface area contributed by atoms with Gasteiger partial charge in [-0.3, -0.25) is 4.79 Å². The molecule has 1 fully saturated rings. The molecule has 2 atom stereocenters. The predicted octanol–water partition coefficient (Wildman–Crippen LogP) is 1.19. The molecule has 1 aliphatic rings. The third-order valence-corrected chi connectivity index (χ3v) is 3.52. The normalized spacial score (nSPS) is 21.1. The van der Waals surface area contributed by atoms with Crippen LogP contribution in [0.15, 0.2) is 24.3 Å². The first-order chi connectivity index (χ1) is 9.70. The van der Waals surface area contributed by atoms with Gasteiger partial charge in [-0.05, 0) is 37.6 Å². The van der Waals surface area contributed by atoms with Gasteiger partial charge in [0.15, 0.2) is 0 Å². The van der Waals surface area contributed by atoms with Crippen molar-refractivity contribution in [1.29, 1.82) is 0 Å². The van der Waals surface area contributed by atoms with E-state index in [1.807, 2.05) is 6.92 Å². The van der Waals surface area contributed by atoms with Crippen molar-refractivity contribution in [1.82, 2.24) is 5.32 Å². The standard InChI is InChI=1S/C16H19NO3/c1-12-15(8-10-20-12)11-17-16(19)14-6-4-13(5-7-14)3-2-9-18/h4-7,12,15,18H,8-11H2,1H3,(H,17,19). The van der Waals surface area contributed by atoms with Crippen LogP contribution in [0.5, 0.6) is 0 Å². The van der Waals surface area contributed by atoms with Gasteiger partial charge in [0, 0.05) is 30.2 Å². The van der Waals surface area contributed by atoms with Crippen LogP contribution in [0.4, 0.5) is 0 Å². The second kappa shape index (κ2) is 7.09. The molecule has 1 aromatic rings. The Balaban J connectivity index is 1.89. The molecule has 0 spiro atoms. The topological polar surface area (TPSA) is 58.6 Å². The Morgan fingerprint density at radius 1 is 1.45 bits per heavy atom. The summed E-state index contributed by atoms with van der Waals surface area (Å²) in [4.78, 5) is 12.0. The average Bonchev–Trinajstić information content (AvgIpc) is 2.88. The number of carbonyl (C=O) groups excluding carboxylic acids is 1. The first-order valence-electron chi connectivity index (χ1n) is 6.80. The number of rotatable bonds is 3. The van der Waals surface area contributed by atoms with Crippen LogP contribution in [-0.4, -0.2) is 36.9 Å². The number of hydrogen-bond acceptors (Lipinski definition) is 3. The highest BCUT2D eigenvalue weighted by molar-refractivity contribution is 5.94. The summed E-state index contributed by atoms with van der Waals surface area (Å²) >= 11 is 0. The van der Waals surface area contributed by atoms with Crippen molar-refractivity contribution in [3.63, 3.8) is 0 Å². The molecule has 1 saturated heterocycles. The maximum absolute atomic E-state index is 12.0. The van der Waals surface area contributed by atoms with Gasteiger partial charge in [-0.15, -0.1) is 0 Å². The van der Waals surface area contributed by atoms with Crippen LogP contribution < -0.4 is 5.32 Å². The molecular formula is C16H19NO3. The maximum Gasteiger partial charge on any atom is 0.251 e. The van der Waals surface area contributed by atoms with E-state index in [2.05, 4.69) is 17.2 Å². The molecule has 2 unspecified atom stereocenters. The molecule has 106 valence electrons. The molecule has 1 aromatic carbocycles. The molecule has 0 radical (unpaired) electrons. The molecule has 1 heterocycles. The fraction of sp³-hybridized carbons (Fsp3) is 0.438. The fourth-order valence-corrected chi connectivity index (χ4v) is 2.22. The van der Waals surface area contributed by atoms with E-state index in [1.165, 1.54) is 0 Å². The number of benzene rings is 1. The Labute approximate surface area is 119 Å². The van der Waals surface area contributed by atoms with Crippen LogP contribution in [0.3, 0.4) is 0 Å². The third-order valence-electron chi connectivity index (χ3n) is 3.52. The molecule has 4 heteroatoms. The lowest BCUT2D eigenvalue weighted by atomic mass is 10.0. The summed E-state index contributed by atoms with van der Waals surface area (Å²) in [6.07, 6.45) is 1.21. The summed E-state index contributed by atoms with van der Waals surface area (Å²) in [7, 11) is 0. The van der Waals surface area contributed by atoms with Crippen LogP contribution in [-0.2, 0) is 4.74 Å². The van der Waals surface area contributed by atoms with Gasteiger partial charge < -0.3 is 15.2 Å². The molecule has 1 aliphatic heterocycles. The molecule has 0 aromatic heterocycles. The number of aliphatic hydroxyl groups is 1. The van der Waals surface area contributed by atoms with Gasteiger partial charge >= 0.3 is 0 Å². The van der Waals surface area contributed by atoms with Gasteiger partial charge in [0.05, 0.1) is 6.10 Å². The summed E-state index contributed by atoms with van der Waals surface area (Å²) in [6.45, 7) is 3.30. The summed E-state index contributed by atoms with van der Waals surface area (Å²) in [6, 6.07) is 7.04. The zero-order valence-electron chi connectivity index (χ0n) is 11.6. The monoisotopic (exact) mass is 273 g/mol. The van der Waals surface area contributed by atoms with Crippen molar-refractivity contribution in [3.8, 4) is 11.8 Å². The van der Waals surface area contributed by atoms with Gasteiger partial charge in [0.2, 0.25) is 0 Å². The summed E-state index contributed by atoms with van der Waals surface area (Å²) in [5.41, 5.74) is 1.40. The summed E-state index contributed by atoms with van der Waals surface area (Å²) < 4.78 is 5.47. The predicted molar refractivity (Wildman–Crippen MR) is 76.3 cm³/mol. The van der Waals surface area contributed by atoms with Gasteiger partial charge in [-0.25, -0.2) is 0 Å². The average molecular weight is 273 g/mol. The smallest absolute Gasteiger partial charge is 0.251 e. The number of aliphatic hydroxyl groups excluding tert-OH is 1. The van der Waals surface area contributed by atoms with E-state index < -0.39 is 0 Å². The Kier molecular flexibility index (Phi) is 5.16. The molecule has 4 nitrogen and oxygen atoms in total. The van der Waals surface area contributed by atoms with Gasteiger partial charge in [-0.2, -0.15) is 0 Å². The number of nitrogens with one attached hydrogen (secondary N) is 1. The lowest BCUT2D eigenvalue weighted by Crippen LogP contribution is -2.31. The highest BCUT2D eigenvalue weighted by Crippen LogP contribution is 2.19. The van der Waals surface area contributed by atoms with Gasteiger partial charge in [-0.1, -0.05) is 11.8 Å². The van der Waals surface area contributed by atoms with Crippen molar-refractivity contribution >= 4 is 5.91 Å².